The van der Waals surface area contributed by atoms with E-state index < -0.39 is 0 Å². The lowest BCUT2D eigenvalue weighted by molar-refractivity contribution is 0.0746. The first-order chi connectivity index (χ1) is 12.6. The van der Waals surface area contributed by atoms with Gasteiger partial charge in [-0.3, -0.25) is 4.79 Å². The van der Waals surface area contributed by atoms with E-state index in [0.717, 1.165) is 12.2 Å². The molecule has 0 saturated carbocycles. The van der Waals surface area contributed by atoms with E-state index in [1.54, 1.807) is 18.3 Å². The van der Waals surface area contributed by atoms with E-state index in [2.05, 4.69) is 27.8 Å². The Hall–Kier alpha value is -3.07. The number of anilines is 2. The number of piperazine rings is 1. The zero-order valence-corrected chi connectivity index (χ0v) is 15.2. The maximum absolute atomic E-state index is 12.7. The quantitative estimate of drug-likeness (QED) is 0.848. The molecule has 26 heavy (non-hydrogen) atoms. The molecule has 1 aromatic carbocycles. The topological polar surface area (TPSA) is 63.5 Å². The van der Waals surface area contributed by atoms with Crippen molar-refractivity contribution >= 4 is 17.4 Å². The van der Waals surface area contributed by atoms with Crippen LogP contribution in [0.4, 0.5) is 11.5 Å². The number of amides is 1. The zero-order valence-electron chi connectivity index (χ0n) is 15.2. The highest BCUT2D eigenvalue weighted by Gasteiger charge is 2.24. The predicted molar refractivity (Wildman–Crippen MR) is 102 cm³/mol. The summed E-state index contributed by atoms with van der Waals surface area (Å²) >= 11 is 0. The highest BCUT2D eigenvalue weighted by Crippen LogP contribution is 2.20. The Morgan fingerprint density at radius 1 is 1.19 bits per heavy atom. The van der Waals surface area contributed by atoms with Crippen molar-refractivity contribution in [2.24, 2.45) is 0 Å². The molecule has 0 atom stereocenters. The molecule has 1 aliphatic rings. The van der Waals surface area contributed by atoms with Crippen LogP contribution in [0.1, 0.15) is 22.8 Å². The molecule has 6 nitrogen and oxygen atoms in total. The van der Waals surface area contributed by atoms with Crippen LogP contribution in [0, 0.1) is 11.3 Å². The van der Waals surface area contributed by atoms with E-state index in [-0.39, 0.29) is 5.91 Å². The standard InChI is InChI=1S/C20H23N5O/c1-3-23(2)18-8-6-16(7-9-18)20(26)25-13-11-24(12-14-25)19-17(15-21)5-4-10-22-19/h4-10H,3,11-14H2,1-2H3. The summed E-state index contributed by atoms with van der Waals surface area (Å²) in [6, 6.07) is 13.5. The summed E-state index contributed by atoms with van der Waals surface area (Å²) in [5.74, 6) is 0.755. The number of carbonyl (C=O) groups is 1. The first kappa shape index (κ1) is 17.7. The minimum Gasteiger partial charge on any atom is -0.375 e. The number of pyridine rings is 1. The number of carbonyl (C=O) groups excluding carboxylic acids is 1. The Bertz CT molecular complexity index is 804. The lowest BCUT2D eigenvalue weighted by Gasteiger charge is -2.35. The SMILES string of the molecule is CCN(C)c1ccc(C(=O)N2CCN(c3ncccc3C#N)CC2)cc1. The fourth-order valence-electron chi connectivity index (χ4n) is 3.08. The third-order valence-corrected chi connectivity index (χ3v) is 4.80. The molecule has 6 heteroatoms. The van der Waals surface area contributed by atoms with Gasteiger partial charge in [0.2, 0.25) is 0 Å². The number of nitrogens with zero attached hydrogens (tertiary/aromatic N) is 5. The molecule has 1 saturated heterocycles. The van der Waals surface area contributed by atoms with Crippen molar-refractivity contribution in [2.75, 3.05) is 49.6 Å². The first-order valence-electron chi connectivity index (χ1n) is 8.84. The summed E-state index contributed by atoms with van der Waals surface area (Å²) in [5.41, 5.74) is 2.39. The minimum absolute atomic E-state index is 0.0527. The number of hydrogen-bond donors (Lipinski definition) is 0. The van der Waals surface area contributed by atoms with Crippen molar-refractivity contribution in [1.82, 2.24) is 9.88 Å². The second-order valence-corrected chi connectivity index (χ2v) is 6.33. The van der Waals surface area contributed by atoms with Gasteiger partial charge in [0.05, 0.1) is 5.56 Å². The van der Waals surface area contributed by atoms with Gasteiger partial charge < -0.3 is 14.7 Å². The Balaban J connectivity index is 1.64. The maximum Gasteiger partial charge on any atom is 0.253 e. The van der Waals surface area contributed by atoms with Crippen LogP contribution in [0.3, 0.4) is 0 Å². The number of benzene rings is 1. The molecule has 0 spiro atoms. The van der Waals surface area contributed by atoms with Crippen LogP contribution < -0.4 is 9.80 Å². The molecule has 1 fully saturated rings. The Morgan fingerprint density at radius 3 is 2.50 bits per heavy atom. The Morgan fingerprint density at radius 2 is 1.88 bits per heavy atom. The fourth-order valence-corrected chi connectivity index (χ4v) is 3.08. The summed E-state index contributed by atoms with van der Waals surface area (Å²) < 4.78 is 0. The van der Waals surface area contributed by atoms with E-state index in [1.165, 1.54) is 0 Å². The second kappa shape index (κ2) is 7.87. The minimum atomic E-state index is 0.0527. The van der Waals surface area contributed by atoms with Crippen molar-refractivity contribution in [3.63, 3.8) is 0 Å². The molecule has 0 aliphatic carbocycles. The molecular formula is C20H23N5O. The van der Waals surface area contributed by atoms with Crippen LogP contribution in [0.15, 0.2) is 42.6 Å². The third kappa shape index (κ3) is 3.62. The molecule has 134 valence electrons. The van der Waals surface area contributed by atoms with Gasteiger partial charge in [-0.15, -0.1) is 0 Å². The van der Waals surface area contributed by atoms with Gasteiger partial charge in [0.25, 0.3) is 5.91 Å². The molecule has 0 N–H and O–H groups in total. The summed E-state index contributed by atoms with van der Waals surface area (Å²) in [5, 5.41) is 9.23. The summed E-state index contributed by atoms with van der Waals surface area (Å²) in [4.78, 5) is 23.1. The lowest BCUT2D eigenvalue weighted by Crippen LogP contribution is -2.49. The fraction of sp³-hybridized carbons (Fsp3) is 0.350. The normalized spacial score (nSPS) is 14.0. The van der Waals surface area contributed by atoms with Crippen LogP contribution in [0.2, 0.25) is 0 Å². The van der Waals surface area contributed by atoms with Gasteiger partial charge in [-0.25, -0.2) is 4.98 Å². The molecule has 3 rings (SSSR count). The van der Waals surface area contributed by atoms with Crippen LogP contribution in [-0.2, 0) is 0 Å². The van der Waals surface area contributed by atoms with Crippen LogP contribution in [0.5, 0.6) is 0 Å². The smallest absolute Gasteiger partial charge is 0.253 e. The molecule has 0 radical (unpaired) electrons. The molecule has 1 amide bonds. The van der Waals surface area contributed by atoms with Crippen molar-refractivity contribution in [2.45, 2.75) is 6.92 Å². The number of nitriles is 1. The Kier molecular flexibility index (Phi) is 5.37. The molecule has 0 unspecified atom stereocenters. The molecule has 1 aliphatic heterocycles. The zero-order chi connectivity index (χ0) is 18.5. The highest BCUT2D eigenvalue weighted by atomic mass is 16.2. The van der Waals surface area contributed by atoms with Gasteiger partial charge in [0.1, 0.15) is 11.9 Å². The highest BCUT2D eigenvalue weighted by molar-refractivity contribution is 5.94. The molecule has 2 aromatic rings. The average Bonchev–Trinajstić information content (AvgIpc) is 2.73. The number of hydrogen-bond acceptors (Lipinski definition) is 5. The van der Waals surface area contributed by atoms with Crippen LogP contribution in [0.25, 0.3) is 0 Å². The molecular weight excluding hydrogens is 326 g/mol. The van der Waals surface area contributed by atoms with Gasteiger partial charge in [-0.2, -0.15) is 5.26 Å². The maximum atomic E-state index is 12.7. The van der Waals surface area contributed by atoms with Crippen molar-refractivity contribution in [3.05, 3.63) is 53.7 Å². The Labute approximate surface area is 154 Å². The average molecular weight is 349 g/mol. The van der Waals surface area contributed by atoms with Crippen molar-refractivity contribution in [1.29, 1.82) is 5.26 Å². The van der Waals surface area contributed by atoms with Gasteiger partial charge in [0.15, 0.2) is 0 Å². The first-order valence-corrected chi connectivity index (χ1v) is 8.84. The van der Waals surface area contributed by atoms with E-state index in [9.17, 15) is 10.1 Å². The van der Waals surface area contributed by atoms with Crippen molar-refractivity contribution < 1.29 is 4.79 Å². The number of aromatic nitrogens is 1. The second-order valence-electron chi connectivity index (χ2n) is 6.33. The van der Waals surface area contributed by atoms with Crippen LogP contribution in [-0.4, -0.2) is 55.6 Å². The monoisotopic (exact) mass is 349 g/mol. The largest absolute Gasteiger partial charge is 0.375 e. The van der Waals surface area contributed by atoms with E-state index in [1.807, 2.05) is 36.2 Å². The summed E-state index contributed by atoms with van der Waals surface area (Å²) in [7, 11) is 2.03. The molecule has 2 heterocycles. The summed E-state index contributed by atoms with van der Waals surface area (Å²) in [6.07, 6.45) is 1.70. The predicted octanol–water partition coefficient (Wildman–Crippen LogP) is 2.37. The van der Waals surface area contributed by atoms with Gasteiger partial charge in [-0.05, 0) is 43.3 Å². The number of rotatable bonds is 4. The van der Waals surface area contributed by atoms with E-state index in [4.69, 9.17) is 0 Å². The summed E-state index contributed by atoms with van der Waals surface area (Å²) in [6.45, 7) is 5.61. The van der Waals surface area contributed by atoms with Gasteiger partial charge in [0, 0.05) is 57.2 Å². The van der Waals surface area contributed by atoms with Gasteiger partial charge >= 0.3 is 0 Å². The van der Waals surface area contributed by atoms with E-state index >= 15 is 0 Å². The lowest BCUT2D eigenvalue weighted by atomic mass is 10.1. The molecule has 1 aromatic heterocycles. The van der Waals surface area contributed by atoms with Crippen LogP contribution >= 0.6 is 0 Å². The third-order valence-electron chi connectivity index (χ3n) is 4.80. The molecule has 0 bridgehead atoms. The van der Waals surface area contributed by atoms with E-state index in [0.29, 0.717) is 43.1 Å². The van der Waals surface area contributed by atoms with Crippen molar-refractivity contribution in [3.8, 4) is 6.07 Å². The van der Waals surface area contributed by atoms with Gasteiger partial charge in [-0.1, -0.05) is 0 Å².